The van der Waals surface area contributed by atoms with Crippen LogP contribution in [0.1, 0.15) is 55.4 Å². The Balaban J connectivity index is 1.88. The molecule has 0 spiro atoms. The Bertz CT molecular complexity index is 940. The molecule has 0 saturated carbocycles. The number of aromatic nitrogens is 2. The van der Waals surface area contributed by atoms with Gasteiger partial charge in [0, 0.05) is 20.1 Å². The largest absolute Gasteiger partial charge is 0.466 e. The van der Waals surface area contributed by atoms with Crippen LogP contribution >= 0.6 is 0 Å². The average molecular weight is 430 g/mol. The molecule has 1 aromatic carbocycles. The zero-order valence-corrected chi connectivity index (χ0v) is 18.9. The van der Waals surface area contributed by atoms with Crippen LogP contribution in [0.15, 0.2) is 30.3 Å². The van der Waals surface area contributed by atoms with Gasteiger partial charge in [0.1, 0.15) is 11.5 Å². The van der Waals surface area contributed by atoms with E-state index in [-0.39, 0.29) is 37.3 Å². The second-order valence-electron chi connectivity index (χ2n) is 8.84. The van der Waals surface area contributed by atoms with Crippen molar-refractivity contribution in [3.05, 3.63) is 53.1 Å². The summed E-state index contributed by atoms with van der Waals surface area (Å²) in [4.78, 5) is 28.1. The second kappa shape index (κ2) is 9.62. The molecule has 2 heterocycles. The lowest BCUT2D eigenvalue weighted by atomic mass is 9.75. The van der Waals surface area contributed by atoms with Gasteiger partial charge in [-0.15, -0.1) is 0 Å². The molecule has 0 radical (unpaired) electrons. The van der Waals surface area contributed by atoms with Crippen molar-refractivity contribution < 1.29 is 18.7 Å². The lowest BCUT2D eigenvalue weighted by molar-refractivity contribution is -0.158. The number of hydrogen-bond donors (Lipinski definition) is 0. The number of carbonyl (C=O) groups excluding carboxylic acids is 2. The number of esters is 1. The van der Waals surface area contributed by atoms with Crippen LogP contribution in [0.25, 0.3) is 0 Å². The first-order valence-corrected chi connectivity index (χ1v) is 11.0. The Morgan fingerprint density at radius 2 is 2.03 bits per heavy atom. The molecule has 3 rings (SSSR count). The van der Waals surface area contributed by atoms with Gasteiger partial charge in [0.25, 0.3) is 5.91 Å². The van der Waals surface area contributed by atoms with Gasteiger partial charge in [0.2, 0.25) is 0 Å². The fraction of sp³-hybridized carbons (Fsp3) is 0.542. The quantitative estimate of drug-likeness (QED) is 0.629. The van der Waals surface area contributed by atoms with Crippen molar-refractivity contribution in [2.45, 2.75) is 46.5 Å². The van der Waals surface area contributed by atoms with E-state index in [1.54, 1.807) is 41.8 Å². The number of hydrogen-bond acceptors (Lipinski definition) is 4. The third-order valence-corrected chi connectivity index (χ3v) is 5.83. The van der Waals surface area contributed by atoms with E-state index in [2.05, 4.69) is 18.9 Å². The highest BCUT2D eigenvalue weighted by Crippen LogP contribution is 2.36. The van der Waals surface area contributed by atoms with E-state index in [9.17, 15) is 14.0 Å². The second-order valence-corrected chi connectivity index (χ2v) is 8.84. The number of halogens is 1. The molecule has 6 nitrogen and oxygen atoms in total. The molecule has 1 atom stereocenters. The Kier molecular flexibility index (Phi) is 7.13. The molecule has 1 aliphatic rings. The third-order valence-electron chi connectivity index (χ3n) is 5.83. The van der Waals surface area contributed by atoms with E-state index in [1.807, 2.05) is 6.07 Å². The molecule has 0 aliphatic carbocycles. The highest BCUT2D eigenvalue weighted by atomic mass is 19.1. The van der Waals surface area contributed by atoms with Gasteiger partial charge in [-0.3, -0.25) is 14.3 Å². The van der Waals surface area contributed by atoms with Crippen molar-refractivity contribution >= 4 is 11.9 Å². The highest BCUT2D eigenvalue weighted by molar-refractivity contribution is 5.93. The molecule has 0 bridgehead atoms. The standard InChI is InChI=1S/C24H32FN3O3/c1-5-31-23(30)24(15-18-9-6-7-10-20(18)25)11-8-12-28(16-24)22(29)21-14-19(13-17(2)3)26-27(21)4/h6-7,9-10,14,17H,5,8,11-13,15-16H2,1-4H3/t24-/m1/s1. The summed E-state index contributed by atoms with van der Waals surface area (Å²) in [5, 5.41) is 4.47. The highest BCUT2D eigenvalue weighted by Gasteiger charge is 2.45. The normalized spacial score (nSPS) is 19.0. The van der Waals surface area contributed by atoms with E-state index in [0.717, 1.165) is 12.1 Å². The molecule has 1 amide bonds. The van der Waals surface area contributed by atoms with Crippen molar-refractivity contribution in [2.24, 2.45) is 18.4 Å². The molecule has 2 aromatic rings. The maximum atomic E-state index is 14.4. The van der Waals surface area contributed by atoms with Crippen LogP contribution in [-0.2, 0) is 29.4 Å². The molecule has 1 aromatic heterocycles. The Morgan fingerprint density at radius 1 is 1.29 bits per heavy atom. The first-order chi connectivity index (χ1) is 14.8. The van der Waals surface area contributed by atoms with Crippen LogP contribution in [0.4, 0.5) is 4.39 Å². The van der Waals surface area contributed by atoms with E-state index in [4.69, 9.17) is 4.74 Å². The maximum Gasteiger partial charge on any atom is 0.314 e. The van der Waals surface area contributed by atoms with Gasteiger partial charge in [-0.2, -0.15) is 5.10 Å². The Hall–Kier alpha value is -2.70. The molecule has 0 unspecified atom stereocenters. The topological polar surface area (TPSA) is 64.4 Å². The monoisotopic (exact) mass is 429 g/mol. The number of benzene rings is 1. The summed E-state index contributed by atoms with van der Waals surface area (Å²) in [6, 6.07) is 8.31. The van der Waals surface area contributed by atoms with E-state index >= 15 is 0 Å². The van der Waals surface area contributed by atoms with E-state index in [0.29, 0.717) is 36.6 Å². The average Bonchev–Trinajstić information content (AvgIpc) is 3.08. The minimum absolute atomic E-state index is 0.160. The van der Waals surface area contributed by atoms with Gasteiger partial charge in [-0.1, -0.05) is 32.0 Å². The molecule has 7 heteroatoms. The fourth-order valence-corrected chi connectivity index (χ4v) is 4.39. The lowest BCUT2D eigenvalue weighted by Gasteiger charge is -2.41. The SMILES string of the molecule is CCOC(=O)[C@@]1(Cc2ccccc2F)CCCN(C(=O)c2cc(CC(C)C)nn2C)C1. The summed E-state index contributed by atoms with van der Waals surface area (Å²) in [7, 11) is 1.76. The smallest absolute Gasteiger partial charge is 0.314 e. The predicted molar refractivity (Wildman–Crippen MR) is 116 cm³/mol. The van der Waals surface area contributed by atoms with Crippen LogP contribution in [-0.4, -0.2) is 46.3 Å². The van der Waals surface area contributed by atoms with Gasteiger partial charge >= 0.3 is 5.97 Å². The van der Waals surface area contributed by atoms with Gasteiger partial charge in [-0.05, 0) is 56.2 Å². The van der Waals surface area contributed by atoms with Crippen LogP contribution < -0.4 is 0 Å². The van der Waals surface area contributed by atoms with Gasteiger partial charge in [-0.25, -0.2) is 4.39 Å². The molecular weight excluding hydrogens is 397 g/mol. The third kappa shape index (κ3) is 5.14. The lowest BCUT2D eigenvalue weighted by Crippen LogP contribution is -2.52. The van der Waals surface area contributed by atoms with Crippen LogP contribution in [0.2, 0.25) is 0 Å². The number of piperidine rings is 1. The van der Waals surface area contributed by atoms with Crippen molar-refractivity contribution in [2.75, 3.05) is 19.7 Å². The van der Waals surface area contributed by atoms with Crippen molar-refractivity contribution in [3.63, 3.8) is 0 Å². The van der Waals surface area contributed by atoms with E-state index < -0.39 is 5.41 Å². The summed E-state index contributed by atoms with van der Waals surface area (Å²) in [6.45, 7) is 6.96. The minimum Gasteiger partial charge on any atom is -0.466 e. The number of aryl methyl sites for hydroxylation is 1. The van der Waals surface area contributed by atoms with Crippen LogP contribution in [0.5, 0.6) is 0 Å². The van der Waals surface area contributed by atoms with Crippen molar-refractivity contribution in [1.29, 1.82) is 0 Å². The summed E-state index contributed by atoms with van der Waals surface area (Å²) >= 11 is 0. The van der Waals surface area contributed by atoms with Crippen LogP contribution in [0.3, 0.4) is 0 Å². The number of carbonyl (C=O) groups is 2. The Labute approximate surface area is 183 Å². The first-order valence-electron chi connectivity index (χ1n) is 11.0. The van der Waals surface area contributed by atoms with Crippen LogP contribution in [0, 0.1) is 17.2 Å². The first kappa shape index (κ1) is 23.0. The summed E-state index contributed by atoms with van der Waals surface area (Å²) < 4.78 is 21.4. The molecule has 168 valence electrons. The molecule has 1 fully saturated rings. The summed E-state index contributed by atoms with van der Waals surface area (Å²) in [5.74, 6) is -0.446. The minimum atomic E-state index is -0.967. The number of nitrogens with zero attached hydrogens (tertiary/aromatic N) is 3. The van der Waals surface area contributed by atoms with Gasteiger partial charge < -0.3 is 9.64 Å². The van der Waals surface area contributed by atoms with Gasteiger partial charge in [0.05, 0.1) is 17.7 Å². The van der Waals surface area contributed by atoms with Crippen molar-refractivity contribution in [1.82, 2.24) is 14.7 Å². The molecule has 0 N–H and O–H groups in total. The zero-order valence-electron chi connectivity index (χ0n) is 18.9. The molecule has 1 saturated heterocycles. The number of amides is 1. The summed E-state index contributed by atoms with van der Waals surface area (Å²) in [6.07, 6.45) is 2.19. The van der Waals surface area contributed by atoms with E-state index in [1.165, 1.54) is 6.07 Å². The zero-order chi connectivity index (χ0) is 22.6. The predicted octanol–water partition coefficient (Wildman–Crippen LogP) is 3.79. The molecule has 31 heavy (non-hydrogen) atoms. The Morgan fingerprint density at radius 3 is 2.71 bits per heavy atom. The number of rotatable bonds is 7. The maximum absolute atomic E-state index is 14.4. The molecular formula is C24H32FN3O3. The van der Waals surface area contributed by atoms with Crippen molar-refractivity contribution in [3.8, 4) is 0 Å². The van der Waals surface area contributed by atoms with Gasteiger partial charge in [0.15, 0.2) is 0 Å². The number of likely N-dealkylation sites (tertiary alicyclic amines) is 1. The molecule has 1 aliphatic heterocycles. The fourth-order valence-electron chi connectivity index (χ4n) is 4.39. The summed E-state index contributed by atoms with van der Waals surface area (Å²) in [5.41, 5.74) is 0.873. The number of ether oxygens (including phenoxy) is 1.